The largest absolute Gasteiger partial charge is 0.490 e. The summed E-state index contributed by atoms with van der Waals surface area (Å²) in [6.45, 7) is 0. The SMILES string of the molecule is O=C(O)C(F)(F)F.O=C(O)C1=C2N=Nc3cccc1c32. The zero-order valence-electron chi connectivity index (χ0n) is 9.47. The number of benzene rings is 1. The maximum absolute atomic E-state index is 10.8. The number of hydrogen-bond donors (Lipinski definition) is 2. The molecule has 1 heterocycles. The number of aliphatic carboxylic acids is 2. The van der Waals surface area contributed by atoms with Crippen LogP contribution in [0.15, 0.2) is 28.4 Å². The fourth-order valence-corrected chi connectivity index (χ4v) is 1.69. The van der Waals surface area contributed by atoms with Gasteiger partial charge in [0.2, 0.25) is 0 Å². The summed E-state index contributed by atoms with van der Waals surface area (Å²) in [5, 5.41) is 23.6. The van der Waals surface area contributed by atoms with Crippen molar-refractivity contribution in [2.75, 3.05) is 0 Å². The lowest BCUT2D eigenvalue weighted by Crippen LogP contribution is -2.21. The van der Waals surface area contributed by atoms with E-state index in [4.69, 9.17) is 15.0 Å². The van der Waals surface area contributed by atoms with Crippen molar-refractivity contribution < 1.29 is 33.0 Å². The van der Waals surface area contributed by atoms with Crippen LogP contribution in [-0.2, 0) is 9.59 Å². The van der Waals surface area contributed by atoms with Gasteiger partial charge in [0.25, 0.3) is 0 Å². The first-order chi connectivity index (χ1) is 9.23. The van der Waals surface area contributed by atoms with E-state index in [9.17, 15) is 18.0 Å². The van der Waals surface area contributed by atoms with Crippen LogP contribution >= 0.6 is 0 Å². The highest BCUT2D eigenvalue weighted by Crippen LogP contribution is 2.50. The highest BCUT2D eigenvalue weighted by atomic mass is 19.4. The van der Waals surface area contributed by atoms with Gasteiger partial charge in [0.05, 0.1) is 11.3 Å². The number of carbonyl (C=O) groups is 2. The Labute approximate surface area is 108 Å². The third-order valence-corrected chi connectivity index (χ3v) is 2.50. The first kappa shape index (κ1) is 13.7. The van der Waals surface area contributed by atoms with Gasteiger partial charge in [-0.15, -0.1) is 10.2 Å². The van der Waals surface area contributed by atoms with Crippen molar-refractivity contribution >= 4 is 28.9 Å². The Bertz CT molecular complexity index is 677. The van der Waals surface area contributed by atoms with Crippen molar-refractivity contribution in [3.05, 3.63) is 29.3 Å². The van der Waals surface area contributed by atoms with Crippen LogP contribution in [0, 0.1) is 0 Å². The third-order valence-electron chi connectivity index (χ3n) is 2.50. The minimum atomic E-state index is -5.08. The maximum atomic E-state index is 10.8. The Balaban J connectivity index is 0.000000182. The van der Waals surface area contributed by atoms with Gasteiger partial charge in [0.15, 0.2) is 0 Å². The molecule has 0 atom stereocenters. The molecule has 2 N–H and O–H groups in total. The summed E-state index contributed by atoms with van der Waals surface area (Å²) in [4.78, 5) is 19.7. The molecule has 9 heteroatoms. The molecule has 0 spiro atoms. The number of hydrogen-bond acceptors (Lipinski definition) is 4. The van der Waals surface area contributed by atoms with E-state index in [1.807, 2.05) is 6.07 Å². The van der Waals surface area contributed by atoms with Crippen LogP contribution in [0.4, 0.5) is 18.9 Å². The van der Waals surface area contributed by atoms with Crippen LogP contribution < -0.4 is 0 Å². The Kier molecular flexibility index (Phi) is 3.04. The summed E-state index contributed by atoms with van der Waals surface area (Å²) in [5.74, 6) is -3.69. The molecule has 0 aromatic heterocycles. The predicted octanol–water partition coefficient (Wildman–Crippen LogP) is 2.68. The average molecular weight is 286 g/mol. The second-order valence-corrected chi connectivity index (χ2v) is 3.73. The fourth-order valence-electron chi connectivity index (χ4n) is 1.69. The summed E-state index contributed by atoms with van der Waals surface area (Å²) >= 11 is 0. The van der Waals surface area contributed by atoms with Gasteiger partial charge in [-0.2, -0.15) is 13.2 Å². The number of rotatable bonds is 1. The molecule has 0 amide bonds. The van der Waals surface area contributed by atoms with Gasteiger partial charge in [-0.05, 0) is 6.07 Å². The zero-order valence-corrected chi connectivity index (χ0v) is 9.47. The molecule has 0 saturated carbocycles. The van der Waals surface area contributed by atoms with Gasteiger partial charge in [0.1, 0.15) is 5.70 Å². The lowest BCUT2D eigenvalue weighted by molar-refractivity contribution is -0.192. The Hall–Kier alpha value is -2.71. The molecule has 1 aliphatic carbocycles. The Morgan fingerprint density at radius 3 is 2.20 bits per heavy atom. The van der Waals surface area contributed by atoms with E-state index in [2.05, 4.69) is 10.2 Å². The number of carboxylic acid groups (broad SMARTS) is 2. The van der Waals surface area contributed by atoms with Crippen molar-refractivity contribution in [2.24, 2.45) is 10.2 Å². The van der Waals surface area contributed by atoms with E-state index in [-0.39, 0.29) is 5.57 Å². The molecule has 0 fully saturated rings. The predicted molar refractivity (Wildman–Crippen MR) is 59.1 cm³/mol. The quantitative estimate of drug-likeness (QED) is 0.828. The molecule has 104 valence electrons. The minimum absolute atomic E-state index is 0.290. The molecule has 0 radical (unpaired) electrons. The number of azo groups is 1. The highest BCUT2D eigenvalue weighted by Gasteiger charge is 2.38. The van der Waals surface area contributed by atoms with E-state index in [1.54, 1.807) is 12.1 Å². The molecule has 0 bridgehead atoms. The Morgan fingerprint density at radius 2 is 1.70 bits per heavy atom. The molecular weight excluding hydrogens is 281 g/mol. The van der Waals surface area contributed by atoms with Gasteiger partial charge in [-0.1, -0.05) is 12.1 Å². The van der Waals surface area contributed by atoms with Crippen LogP contribution in [0.25, 0.3) is 11.3 Å². The van der Waals surface area contributed by atoms with Crippen molar-refractivity contribution in [2.45, 2.75) is 6.18 Å². The first-order valence-corrected chi connectivity index (χ1v) is 5.06. The number of nitrogens with zero attached hydrogens (tertiary/aromatic N) is 2. The molecule has 0 saturated heterocycles. The van der Waals surface area contributed by atoms with Crippen molar-refractivity contribution in [1.29, 1.82) is 0 Å². The lowest BCUT2D eigenvalue weighted by Gasteiger charge is -2.17. The lowest BCUT2D eigenvalue weighted by atomic mass is 9.85. The topological polar surface area (TPSA) is 99.3 Å². The second-order valence-electron chi connectivity index (χ2n) is 3.73. The molecular formula is C11H5F3N2O4. The molecule has 1 aliphatic heterocycles. The molecule has 6 nitrogen and oxygen atoms in total. The zero-order chi connectivity index (χ0) is 15.1. The van der Waals surface area contributed by atoms with Crippen LogP contribution in [0.2, 0.25) is 0 Å². The summed E-state index contributed by atoms with van der Waals surface area (Å²) in [6, 6.07) is 5.40. The van der Waals surface area contributed by atoms with E-state index < -0.39 is 18.1 Å². The molecule has 1 aromatic rings. The van der Waals surface area contributed by atoms with Gasteiger partial charge >= 0.3 is 18.1 Å². The third kappa shape index (κ3) is 2.13. The average Bonchev–Trinajstić information content (AvgIpc) is 2.68. The molecule has 2 aliphatic rings. The minimum Gasteiger partial charge on any atom is -0.478 e. The van der Waals surface area contributed by atoms with Crippen LogP contribution in [0.1, 0.15) is 11.1 Å². The fraction of sp³-hybridized carbons (Fsp3) is 0.0909. The second kappa shape index (κ2) is 4.44. The van der Waals surface area contributed by atoms with Crippen LogP contribution in [0.3, 0.4) is 0 Å². The summed E-state index contributed by atoms with van der Waals surface area (Å²) in [6.07, 6.45) is -5.08. The van der Waals surface area contributed by atoms with E-state index in [1.165, 1.54) is 0 Å². The highest BCUT2D eigenvalue weighted by molar-refractivity contribution is 6.31. The van der Waals surface area contributed by atoms with Crippen molar-refractivity contribution in [1.82, 2.24) is 0 Å². The summed E-state index contributed by atoms with van der Waals surface area (Å²) in [5.41, 5.74) is 3.23. The van der Waals surface area contributed by atoms with E-state index in [0.717, 1.165) is 16.8 Å². The Morgan fingerprint density at radius 1 is 1.10 bits per heavy atom. The maximum Gasteiger partial charge on any atom is 0.490 e. The van der Waals surface area contributed by atoms with Gasteiger partial charge in [-0.25, -0.2) is 9.59 Å². The number of halogens is 3. The van der Waals surface area contributed by atoms with Crippen molar-refractivity contribution in [3.8, 4) is 0 Å². The molecule has 3 rings (SSSR count). The van der Waals surface area contributed by atoms with Gasteiger partial charge in [-0.3, -0.25) is 0 Å². The monoisotopic (exact) mass is 286 g/mol. The van der Waals surface area contributed by atoms with Crippen LogP contribution in [-0.4, -0.2) is 28.3 Å². The van der Waals surface area contributed by atoms with Crippen molar-refractivity contribution in [3.63, 3.8) is 0 Å². The normalized spacial score (nSPS) is 14.2. The first-order valence-electron chi connectivity index (χ1n) is 5.06. The standard InChI is InChI=1S/C9H4N2O2.C2HF3O2/c12-9(13)7-4-2-1-3-5-6(4)8(7)11-10-5;3-2(4,5)1(6)7/h1-3H,(H,12,13);(H,6,7). The smallest absolute Gasteiger partial charge is 0.478 e. The number of carboxylic acids is 2. The van der Waals surface area contributed by atoms with Gasteiger partial charge in [0, 0.05) is 11.1 Å². The molecule has 1 aromatic carbocycles. The summed E-state index contributed by atoms with van der Waals surface area (Å²) < 4.78 is 31.7. The summed E-state index contributed by atoms with van der Waals surface area (Å²) in [7, 11) is 0. The van der Waals surface area contributed by atoms with Crippen LogP contribution in [0.5, 0.6) is 0 Å². The van der Waals surface area contributed by atoms with E-state index >= 15 is 0 Å². The number of alkyl halides is 3. The molecule has 20 heavy (non-hydrogen) atoms. The van der Waals surface area contributed by atoms with Gasteiger partial charge < -0.3 is 10.2 Å². The molecule has 0 unspecified atom stereocenters. The van der Waals surface area contributed by atoms with E-state index in [0.29, 0.717) is 5.70 Å².